The van der Waals surface area contributed by atoms with Crippen molar-refractivity contribution in [3.63, 3.8) is 0 Å². The summed E-state index contributed by atoms with van der Waals surface area (Å²) in [5, 5.41) is 13.9. The van der Waals surface area contributed by atoms with E-state index in [1.54, 1.807) is 0 Å². The van der Waals surface area contributed by atoms with Gasteiger partial charge in [0.15, 0.2) is 0 Å². The average Bonchev–Trinajstić information content (AvgIpc) is 3.14. The molecule has 1 atom stereocenters. The fraction of sp³-hybridized carbons (Fsp3) is 0.938. The van der Waals surface area contributed by atoms with Crippen molar-refractivity contribution in [2.45, 2.75) is 76.8 Å². The molecule has 2 saturated heterocycles. The molecule has 4 aliphatic rings. The van der Waals surface area contributed by atoms with E-state index < -0.39 is 6.16 Å². The first-order chi connectivity index (χ1) is 9.79. The first kappa shape index (κ1) is 15.1. The van der Waals surface area contributed by atoms with Gasteiger partial charge in [-0.15, -0.1) is 0 Å². The third-order valence-corrected chi connectivity index (χ3v) is 5.81. The van der Waals surface area contributed by atoms with Crippen LogP contribution in [0.4, 0.5) is 4.79 Å². The highest BCUT2D eigenvalue weighted by Crippen LogP contribution is 2.78. The van der Waals surface area contributed by atoms with E-state index in [0.29, 0.717) is 5.41 Å². The van der Waals surface area contributed by atoms with Crippen LogP contribution >= 0.6 is 0 Å². The molecule has 4 rings (SSSR count). The van der Waals surface area contributed by atoms with Crippen molar-refractivity contribution in [2.24, 2.45) is 17.3 Å². The summed E-state index contributed by atoms with van der Waals surface area (Å²) in [6.45, 7) is 4.84. The Balaban J connectivity index is 0.000000298. The third-order valence-electron chi connectivity index (χ3n) is 5.81. The molecule has 0 aromatic rings. The third kappa shape index (κ3) is 2.78. The lowest BCUT2D eigenvalue weighted by Crippen LogP contribution is -2.33. The van der Waals surface area contributed by atoms with Crippen LogP contribution in [0.15, 0.2) is 0 Å². The summed E-state index contributed by atoms with van der Waals surface area (Å²) in [5.41, 5.74) is 0.411. The van der Waals surface area contributed by atoms with Crippen LogP contribution in [-0.4, -0.2) is 27.9 Å². The second-order valence-corrected chi connectivity index (χ2v) is 7.80. The van der Waals surface area contributed by atoms with Gasteiger partial charge in [0, 0.05) is 12.8 Å². The van der Waals surface area contributed by atoms with E-state index in [4.69, 9.17) is 24.5 Å². The predicted octanol–water partition coefficient (Wildman–Crippen LogP) is 4.07. The van der Waals surface area contributed by atoms with Gasteiger partial charge < -0.3 is 19.7 Å². The monoisotopic (exact) mass is 298 g/mol. The fourth-order valence-electron chi connectivity index (χ4n) is 4.51. The molecule has 5 nitrogen and oxygen atoms in total. The van der Waals surface area contributed by atoms with Crippen LogP contribution in [0.5, 0.6) is 0 Å². The van der Waals surface area contributed by atoms with E-state index in [0.717, 1.165) is 24.7 Å². The Morgan fingerprint density at radius 2 is 1.67 bits per heavy atom. The zero-order valence-corrected chi connectivity index (χ0v) is 12.9. The first-order valence-electron chi connectivity index (χ1n) is 8.11. The van der Waals surface area contributed by atoms with Gasteiger partial charge >= 0.3 is 6.16 Å². The Kier molecular flexibility index (Phi) is 3.49. The second-order valence-electron chi connectivity index (χ2n) is 7.80. The Morgan fingerprint density at radius 1 is 1.10 bits per heavy atom. The minimum Gasteiger partial charge on any atom is -0.450 e. The van der Waals surface area contributed by atoms with Crippen LogP contribution in [0.2, 0.25) is 0 Å². The molecular weight excluding hydrogens is 272 g/mol. The summed E-state index contributed by atoms with van der Waals surface area (Å²) in [5.74, 6) is 1.61. The molecule has 0 spiro atoms. The highest BCUT2D eigenvalue weighted by atomic mass is 17.0. The van der Waals surface area contributed by atoms with Gasteiger partial charge in [0.05, 0.1) is 0 Å². The normalized spacial score (nSPS) is 42.9. The van der Waals surface area contributed by atoms with Crippen LogP contribution in [0.3, 0.4) is 0 Å². The average molecular weight is 298 g/mol. The van der Waals surface area contributed by atoms with Crippen molar-refractivity contribution in [1.82, 2.24) is 0 Å². The van der Waals surface area contributed by atoms with Crippen molar-refractivity contribution < 1.29 is 24.5 Å². The Morgan fingerprint density at radius 3 is 2.24 bits per heavy atom. The maximum atomic E-state index is 8.56. The quantitative estimate of drug-likeness (QED) is 0.751. The molecule has 0 radical (unpaired) electrons. The molecule has 1 unspecified atom stereocenters. The van der Waals surface area contributed by atoms with E-state index in [1.807, 2.05) is 0 Å². The molecule has 2 aliphatic heterocycles. The summed E-state index contributed by atoms with van der Waals surface area (Å²) in [6.07, 6.45) is 9.17. The first-order valence-corrected chi connectivity index (χ1v) is 8.11. The summed E-state index contributed by atoms with van der Waals surface area (Å²) in [6, 6.07) is 0. The Labute approximate surface area is 125 Å². The molecule has 0 amide bonds. The number of hydrogen-bond donors (Lipinski definition) is 2. The van der Waals surface area contributed by atoms with Crippen molar-refractivity contribution in [2.75, 3.05) is 0 Å². The van der Waals surface area contributed by atoms with Crippen LogP contribution in [-0.2, 0) is 9.47 Å². The molecule has 0 bridgehead atoms. The zero-order chi connectivity index (χ0) is 15.3. The SMILES string of the molecule is CC1(C)CC23OC2(CC1CC1CCCCC1)O3.O=C(O)O. The number of carbonyl (C=O) groups is 1. The molecule has 2 aliphatic carbocycles. The highest BCUT2D eigenvalue weighted by molar-refractivity contribution is 5.53. The maximum Gasteiger partial charge on any atom is 0.503 e. The molecular formula is C16H26O5. The van der Waals surface area contributed by atoms with E-state index in [1.165, 1.54) is 38.5 Å². The van der Waals surface area contributed by atoms with Gasteiger partial charge in [0.25, 0.3) is 0 Å². The van der Waals surface area contributed by atoms with Crippen LogP contribution in [0.25, 0.3) is 0 Å². The van der Waals surface area contributed by atoms with Gasteiger partial charge in [-0.25, -0.2) is 4.79 Å². The smallest absolute Gasteiger partial charge is 0.450 e. The lowest BCUT2D eigenvalue weighted by atomic mass is 9.65. The largest absolute Gasteiger partial charge is 0.503 e. The predicted molar refractivity (Wildman–Crippen MR) is 76.0 cm³/mol. The van der Waals surface area contributed by atoms with Crippen molar-refractivity contribution in [3.05, 3.63) is 0 Å². The Bertz CT molecular complexity index is 414. The molecule has 2 heterocycles. The maximum absolute atomic E-state index is 8.56. The van der Waals surface area contributed by atoms with E-state index in [9.17, 15) is 0 Å². The molecule has 5 heteroatoms. The molecule has 120 valence electrons. The van der Waals surface area contributed by atoms with E-state index >= 15 is 0 Å². The minimum atomic E-state index is -1.83. The fourth-order valence-corrected chi connectivity index (χ4v) is 4.51. The van der Waals surface area contributed by atoms with Gasteiger partial charge in [0.1, 0.15) is 0 Å². The molecule has 2 saturated carbocycles. The van der Waals surface area contributed by atoms with E-state index in [2.05, 4.69) is 13.8 Å². The lowest BCUT2D eigenvalue weighted by molar-refractivity contribution is -0.0960. The highest BCUT2D eigenvalue weighted by Gasteiger charge is 2.93. The summed E-state index contributed by atoms with van der Waals surface area (Å²) in [7, 11) is 0. The molecule has 0 aromatic carbocycles. The zero-order valence-electron chi connectivity index (χ0n) is 12.9. The number of hydrogen-bond acceptors (Lipinski definition) is 3. The topological polar surface area (TPSA) is 82.6 Å². The summed E-state index contributed by atoms with van der Waals surface area (Å²) < 4.78 is 11.5. The van der Waals surface area contributed by atoms with Crippen molar-refractivity contribution in [1.29, 1.82) is 0 Å². The minimum absolute atomic E-state index is 0.0815. The number of epoxide rings is 2. The summed E-state index contributed by atoms with van der Waals surface area (Å²) in [4.78, 5) is 8.56. The number of carboxylic acid groups (broad SMARTS) is 2. The molecule has 4 fully saturated rings. The number of rotatable bonds is 2. The standard InChI is InChI=1S/C15H24O2.CH2O3/c1-13(2)10-15-14(16-15,17-15)9-12(13)8-11-6-4-3-5-7-11;2-1(3)4/h11-12H,3-10H2,1-2H3;(H2,2,3,4). The van der Waals surface area contributed by atoms with Gasteiger partial charge in [-0.2, -0.15) is 0 Å². The number of ether oxygens (including phenoxy) is 2. The summed E-state index contributed by atoms with van der Waals surface area (Å²) >= 11 is 0. The molecule has 21 heavy (non-hydrogen) atoms. The van der Waals surface area contributed by atoms with Gasteiger partial charge in [-0.3, -0.25) is 0 Å². The molecule has 0 aromatic heterocycles. The van der Waals surface area contributed by atoms with Crippen LogP contribution in [0, 0.1) is 17.3 Å². The van der Waals surface area contributed by atoms with E-state index in [-0.39, 0.29) is 11.6 Å². The van der Waals surface area contributed by atoms with Gasteiger partial charge in [0.2, 0.25) is 11.6 Å². The van der Waals surface area contributed by atoms with Gasteiger partial charge in [-0.05, 0) is 23.7 Å². The molecule has 2 N–H and O–H groups in total. The van der Waals surface area contributed by atoms with Gasteiger partial charge in [-0.1, -0.05) is 46.0 Å². The van der Waals surface area contributed by atoms with Crippen molar-refractivity contribution >= 4 is 6.16 Å². The van der Waals surface area contributed by atoms with Crippen molar-refractivity contribution in [3.8, 4) is 0 Å². The Hall–Kier alpha value is -0.810. The van der Waals surface area contributed by atoms with Crippen LogP contribution in [0.1, 0.15) is 65.2 Å². The lowest BCUT2D eigenvalue weighted by Gasteiger charge is -2.38. The second kappa shape index (κ2) is 4.85. The van der Waals surface area contributed by atoms with Crippen LogP contribution < -0.4 is 0 Å².